The SMILES string of the molecule is CCOc1nc(Nc2cccc(C(F)(F)F)c2)nc(N(C)C)n1. The van der Waals surface area contributed by atoms with E-state index in [9.17, 15) is 13.2 Å². The van der Waals surface area contributed by atoms with Crippen LogP contribution in [0.15, 0.2) is 24.3 Å². The predicted molar refractivity (Wildman–Crippen MR) is 80.0 cm³/mol. The van der Waals surface area contributed by atoms with E-state index in [0.717, 1.165) is 12.1 Å². The Labute approximate surface area is 131 Å². The number of halogens is 3. The molecule has 0 aliphatic carbocycles. The van der Waals surface area contributed by atoms with Gasteiger partial charge in [0.25, 0.3) is 0 Å². The maximum atomic E-state index is 12.7. The zero-order chi connectivity index (χ0) is 17.0. The number of nitrogens with zero attached hydrogens (tertiary/aromatic N) is 4. The van der Waals surface area contributed by atoms with E-state index >= 15 is 0 Å². The van der Waals surface area contributed by atoms with Gasteiger partial charge in [0, 0.05) is 19.8 Å². The number of benzene rings is 1. The van der Waals surface area contributed by atoms with Gasteiger partial charge in [0.15, 0.2) is 0 Å². The Hall–Kier alpha value is -2.58. The molecule has 2 rings (SSSR count). The van der Waals surface area contributed by atoms with Crippen molar-refractivity contribution in [3.63, 3.8) is 0 Å². The first kappa shape index (κ1) is 16.8. The smallest absolute Gasteiger partial charge is 0.416 e. The topological polar surface area (TPSA) is 63.2 Å². The van der Waals surface area contributed by atoms with Crippen molar-refractivity contribution in [3.05, 3.63) is 29.8 Å². The maximum Gasteiger partial charge on any atom is 0.416 e. The van der Waals surface area contributed by atoms with Crippen LogP contribution in [-0.4, -0.2) is 35.7 Å². The van der Waals surface area contributed by atoms with E-state index in [1.807, 2.05) is 0 Å². The van der Waals surface area contributed by atoms with Crippen molar-refractivity contribution in [2.45, 2.75) is 13.1 Å². The predicted octanol–water partition coefficient (Wildman–Crippen LogP) is 3.10. The Bertz CT molecular complexity index is 676. The number of ether oxygens (including phenoxy) is 1. The molecule has 1 aromatic carbocycles. The summed E-state index contributed by atoms with van der Waals surface area (Å²) in [6.45, 7) is 2.14. The average molecular weight is 327 g/mol. The maximum absolute atomic E-state index is 12.7. The molecule has 0 saturated carbocycles. The van der Waals surface area contributed by atoms with Crippen LogP contribution in [0.3, 0.4) is 0 Å². The third-order valence-corrected chi connectivity index (χ3v) is 2.72. The molecule has 1 N–H and O–H groups in total. The minimum absolute atomic E-state index is 0.0978. The number of aromatic nitrogens is 3. The summed E-state index contributed by atoms with van der Waals surface area (Å²) < 4.78 is 43.5. The highest BCUT2D eigenvalue weighted by Gasteiger charge is 2.30. The van der Waals surface area contributed by atoms with Crippen molar-refractivity contribution in [1.29, 1.82) is 0 Å². The Morgan fingerprint density at radius 2 is 1.91 bits per heavy atom. The molecule has 124 valence electrons. The molecular weight excluding hydrogens is 311 g/mol. The Kier molecular flexibility index (Phi) is 4.87. The average Bonchev–Trinajstić information content (AvgIpc) is 2.46. The number of alkyl halides is 3. The van der Waals surface area contributed by atoms with Crippen LogP contribution >= 0.6 is 0 Å². The van der Waals surface area contributed by atoms with Gasteiger partial charge in [0.05, 0.1) is 12.2 Å². The Morgan fingerprint density at radius 3 is 2.52 bits per heavy atom. The van der Waals surface area contributed by atoms with Crippen LogP contribution in [0, 0.1) is 0 Å². The molecule has 0 atom stereocenters. The first-order valence-electron chi connectivity index (χ1n) is 6.80. The van der Waals surface area contributed by atoms with Gasteiger partial charge < -0.3 is 15.0 Å². The molecule has 0 saturated heterocycles. The summed E-state index contributed by atoms with van der Waals surface area (Å²) >= 11 is 0. The fourth-order valence-electron chi connectivity index (χ4n) is 1.70. The fraction of sp³-hybridized carbons (Fsp3) is 0.357. The first-order valence-corrected chi connectivity index (χ1v) is 6.80. The fourth-order valence-corrected chi connectivity index (χ4v) is 1.70. The van der Waals surface area contributed by atoms with Crippen molar-refractivity contribution in [3.8, 4) is 6.01 Å². The van der Waals surface area contributed by atoms with Crippen molar-refractivity contribution >= 4 is 17.6 Å². The summed E-state index contributed by atoms with van der Waals surface area (Å²) in [6.07, 6.45) is -4.41. The molecular formula is C14H16F3N5O. The van der Waals surface area contributed by atoms with Gasteiger partial charge in [0.1, 0.15) is 0 Å². The minimum atomic E-state index is -4.41. The highest BCUT2D eigenvalue weighted by Crippen LogP contribution is 2.31. The molecule has 0 amide bonds. The number of anilines is 3. The number of hydrogen-bond acceptors (Lipinski definition) is 6. The molecule has 23 heavy (non-hydrogen) atoms. The molecule has 0 bridgehead atoms. The van der Waals surface area contributed by atoms with Gasteiger partial charge >= 0.3 is 12.2 Å². The Balaban J connectivity index is 2.32. The molecule has 6 nitrogen and oxygen atoms in total. The van der Waals surface area contributed by atoms with E-state index < -0.39 is 11.7 Å². The third-order valence-electron chi connectivity index (χ3n) is 2.72. The molecule has 0 aliphatic heterocycles. The Morgan fingerprint density at radius 1 is 1.17 bits per heavy atom. The van der Waals surface area contributed by atoms with Gasteiger partial charge in [-0.25, -0.2) is 0 Å². The van der Waals surface area contributed by atoms with Crippen LogP contribution in [-0.2, 0) is 6.18 Å². The third kappa shape index (κ3) is 4.44. The summed E-state index contributed by atoms with van der Waals surface area (Å²) in [5.41, 5.74) is -0.535. The van der Waals surface area contributed by atoms with Gasteiger partial charge in [-0.1, -0.05) is 6.07 Å². The normalized spacial score (nSPS) is 11.2. The highest BCUT2D eigenvalue weighted by molar-refractivity contribution is 5.56. The molecule has 0 aliphatic rings. The van der Waals surface area contributed by atoms with Crippen LogP contribution < -0.4 is 15.0 Å². The second-order valence-corrected chi connectivity index (χ2v) is 4.77. The van der Waals surface area contributed by atoms with E-state index in [4.69, 9.17) is 4.74 Å². The minimum Gasteiger partial charge on any atom is -0.464 e. The zero-order valence-corrected chi connectivity index (χ0v) is 12.8. The monoisotopic (exact) mass is 327 g/mol. The molecule has 0 fully saturated rings. The standard InChI is InChI=1S/C14H16F3N5O/c1-4-23-13-20-11(19-12(21-13)22(2)3)18-10-7-5-6-9(8-10)14(15,16)17/h5-8H,4H2,1-3H3,(H,18,19,20,21). The highest BCUT2D eigenvalue weighted by atomic mass is 19.4. The van der Waals surface area contributed by atoms with Crippen molar-refractivity contribution in [2.24, 2.45) is 0 Å². The van der Waals surface area contributed by atoms with E-state index in [2.05, 4.69) is 20.3 Å². The van der Waals surface area contributed by atoms with Gasteiger partial charge in [-0.2, -0.15) is 28.1 Å². The van der Waals surface area contributed by atoms with Crippen LogP contribution in [0.25, 0.3) is 0 Å². The van der Waals surface area contributed by atoms with Crippen LogP contribution in [0.4, 0.5) is 30.8 Å². The molecule has 0 radical (unpaired) electrons. The van der Waals surface area contributed by atoms with Crippen molar-refractivity contribution in [2.75, 3.05) is 30.9 Å². The summed E-state index contributed by atoms with van der Waals surface area (Å²) in [6, 6.07) is 4.88. The van der Waals surface area contributed by atoms with Gasteiger partial charge in [0.2, 0.25) is 11.9 Å². The molecule has 0 unspecified atom stereocenters. The lowest BCUT2D eigenvalue weighted by atomic mass is 10.2. The molecule has 0 spiro atoms. The summed E-state index contributed by atoms with van der Waals surface area (Å²) in [7, 11) is 3.47. The molecule has 2 aromatic rings. The number of nitrogens with one attached hydrogen (secondary N) is 1. The second kappa shape index (κ2) is 6.67. The summed E-state index contributed by atoms with van der Waals surface area (Å²) in [5, 5.41) is 2.74. The van der Waals surface area contributed by atoms with E-state index in [1.165, 1.54) is 12.1 Å². The number of hydrogen-bond donors (Lipinski definition) is 1. The van der Waals surface area contributed by atoms with Gasteiger partial charge in [-0.05, 0) is 25.1 Å². The van der Waals surface area contributed by atoms with Crippen LogP contribution in [0.2, 0.25) is 0 Å². The summed E-state index contributed by atoms with van der Waals surface area (Å²) in [4.78, 5) is 13.9. The largest absolute Gasteiger partial charge is 0.464 e. The van der Waals surface area contributed by atoms with Gasteiger partial charge in [-0.15, -0.1) is 0 Å². The molecule has 1 heterocycles. The lowest BCUT2D eigenvalue weighted by Crippen LogP contribution is -2.15. The summed E-state index contributed by atoms with van der Waals surface area (Å²) in [5.74, 6) is 0.435. The lowest BCUT2D eigenvalue weighted by Gasteiger charge is -2.14. The van der Waals surface area contributed by atoms with E-state index in [-0.39, 0.29) is 17.6 Å². The number of rotatable bonds is 5. The van der Waals surface area contributed by atoms with E-state index in [1.54, 1.807) is 25.9 Å². The zero-order valence-electron chi connectivity index (χ0n) is 12.8. The van der Waals surface area contributed by atoms with Crippen molar-refractivity contribution < 1.29 is 17.9 Å². The van der Waals surface area contributed by atoms with Crippen LogP contribution in [0.5, 0.6) is 6.01 Å². The quantitative estimate of drug-likeness (QED) is 0.910. The van der Waals surface area contributed by atoms with Gasteiger partial charge in [-0.3, -0.25) is 0 Å². The van der Waals surface area contributed by atoms with Crippen LogP contribution in [0.1, 0.15) is 12.5 Å². The lowest BCUT2D eigenvalue weighted by molar-refractivity contribution is -0.137. The van der Waals surface area contributed by atoms with E-state index in [0.29, 0.717) is 12.6 Å². The first-order chi connectivity index (χ1) is 10.8. The molecule has 9 heteroatoms. The molecule has 1 aromatic heterocycles. The second-order valence-electron chi connectivity index (χ2n) is 4.77. The van der Waals surface area contributed by atoms with Crippen molar-refractivity contribution in [1.82, 2.24) is 15.0 Å².